The van der Waals surface area contributed by atoms with Crippen LogP contribution in [0.25, 0.3) is 10.1 Å². The first kappa shape index (κ1) is 34.8. The Morgan fingerprint density at radius 3 is 2.53 bits per heavy atom. The average Bonchev–Trinajstić information content (AvgIpc) is 3.56. The van der Waals surface area contributed by atoms with Crippen LogP contribution in [0, 0.1) is 16.7 Å². The number of likely N-dealkylation sites (N-methyl/N-ethyl adjacent to an activating group) is 1. The number of nitrogens with one attached hydrogen (secondary N) is 1. The first-order chi connectivity index (χ1) is 20.8. The number of benzene rings is 1. The summed E-state index contributed by atoms with van der Waals surface area (Å²) in [6.07, 6.45) is -1.60. The van der Waals surface area contributed by atoms with Crippen LogP contribution in [-0.4, -0.2) is 100.0 Å². The minimum atomic E-state index is -5.83. The molecule has 246 valence electrons. The number of carbonyl (C=O) groups excluding carboxylic acids is 3. The predicted molar refractivity (Wildman–Crippen MR) is 157 cm³/mol. The molecule has 17 heteroatoms. The summed E-state index contributed by atoms with van der Waals surface area (Å²) in [4.78, 5) is 63.2. The number of thiophene rings is 1. The number of halogens is 4. The van der Waals surface area contributed by atoms with Crippen molar-refractivity contribution in [3.05, 3.63) is 34.7 Å². The predicted octanol–water partition coefficient (Wildman–Crippen LogP) is 3.57. The number of hydrogen-bond donors (Lipinski definition) is 3. The smallest absolute Gasteiger partial charge is 0.342 e. The van der Waals surface area contributed by atoms with E-state index in [1.165, 1.54) is 33.9 Å². The molecular weight excluding hydrogens is 641 g/mol. The summed E-state index contributed by atoms with van der Waals surface area (Å²) in [7, 11) is -4.29. The van der Waals surface area contributed by atoms with Gasteiger partial charge in [0, 0.05) is 43.0 Å². The Bertz CT molecular complexity index is 1560. The van der Waals surface area contributed by atoms with Gasteiger partial charge in [-0.25, -0.2) is 8.78 Å². The van der Waals surface area contributed by atoms with Crippen molar-refractivity contribution in [3.63, 3.8) is 0 Å². The second-order valence-electron chi connectivity index (χ2n) is 12.1. The van der Waals surface area contributed by atoms with Gasteiger partial charge in [0.2, 0.25) is 11.8 Å². The van der Waals surface area contributed by atoms with Crippen LogP contribution in [0.15, 0.2) is 24.3 Å². The number of rotatable bonds is 9. The highest BCUT2D eigenvalue weighted by Gasteiger charge is 2.50. The van der Waals surface area contributed by atoms with Gasteiger partial charge in [-0.15, -0.1) is 11.3 Å². The Labute approximate surface area is 260 Å². The molecule has 2 fully saturated rings. The fourth-order valence-electron chi connectivity index (χ4n) is 5.85. The number of carbonyl (C=O) groups is 3. The second kappa shape index (κ2) is 13.0. The largest absolute Gasteiger partial charge is 0.399 e. The summed E-state index contributed by atoms with van der Waals surface area (Å²) < 4.78 is 67.0. The first-order valence-corrected chi connectivity index (χ1v) is 16.5. The van der Waals surface area contributed by atoms with Crippen molar-refractivity contribution in [2.24, 2.45) is 5.41 Å². The number of hydrogen-bond acceptors (Lipinski definition) is 7. The lowest BCUT2D eigenvalue weighted by atomic mass is 9.95. The number of fused-ring (bicyclic) bond motifs is 2. The zero-order chi connectivity index (χ0) is 33.5. The van der Waals surface area contributed by atoms with E-state index < -0.39 is 67.1 Å². The van der Waals surface area contributed by atoms with Crippen LogP contribution in [0.2, 0.25) is 0 Å². The number of nitrogens with zero attached hydrogens (tertiary/aromatic N) is 4. The number of alkyl halides is 4. The Kier molecular flexibility index (Phi) is 10.0. The third kappa shape index (κ3) is 7.49. The van der Waals surface area contributed by atoms with Crippen LogP contribution in [0.3, 0.4) is 0 Å². The van der Waals surface area contributed by atoms with Gasteiger partial charge >= 0.3 is 13.3 Å². The van der Waals surface area contributed by atoms with Crippen LogP contribution in [-0.2, 0) is 19.8 Å². The molecule has 11 nitrogen and oxygen atoms in total. The van der Waals surface area contributed by atoms with Gasteiger partial charge < -0.3 is 24.9 Å². The van der Waals surface area contributed by atoms with E-state index >= 15 is 0 Å². The molecule has 0 spiro atoms. The SMILES string of the molecule is CN(CC(C)(C)C#N)C(=O)[C@@H]1CC[C@@H]2CCN(CC(F)F)C[C@H](NC(=O)c3cc4cc(C(F)(F)P(=O)(O)O)ccc4s3)C(=O)N21. The molecule has 0 aliphatic carbocycles. The van der Waals surface area contributed by atoms with Crippen molar-refractivity contribution in [2.75, 3.05) is 33.2 Å². The van der Waals surface area contributed by atoms with Gasteiger partial charge in [-0.1, -0.05) is 6.07 Å². The molecule has 0 bridgehead atoms. The van der Waals surface area contributed by atoms with E-state index in [9.17, 15) is 41.8 Å². The van der Waals surface area contributed by atoms with Gasteiger partial charge in [0.1, 0.15) is 12.1 Å². The Morgan fingerprint density at radius 2 is 1.91 bits per heavy atom. The van der Waals surface area contributed by atoms with E-state index in [2.05, 4.69) is 11.4 Å². The fraction of sp³-hybridized carbons (Fsp3) is 0.571. The Hall–Kier alpha value is -3.09. The molecule has 0 saturated carbocycles. The van der Waals surface area contributed by atoms with Crippen molar-refractivity contribution in [3.8, 4) is 6.07 Å². The lowest BCUT2D eigenvalue weighted by Crippen LogP contribution is -2.61. The minimum Gasteiger partial charge on any atom is -0.342 e. The molecule has 2 saturated heterocycles. The van der Waals surface area contributed by atoms with E-state index in [4.69, 9.17) is 9.79 Å². The molecule has 0 unspecified atom stereocenters. The highest BCUT2D eigenvalue weighted by atomic mass is 32.1. The van der Waals surface area contributed by atoms with Crippen LogP contribution in [0.4, 0.5) is 17.6 Å². The summed E-state index contributed by atoms with van der Waals surface area (Å²) in [5.41, 5.74) is -6.24. The van der Waals surface area contributed by atoms with Crippen LogP contribution >= 0.6 is 18.9 Å². The van der Waals surface area contributed by atoms with Crippen molar-refractivity contribution >= 4 is 46.7 Å². The van der Waals surface area contributed by atoms with Gasteiger partial charge in [-0.3, -0.25) is 23.8 Å². The molecular formula is C28H34F4N5O6PS. The monoisotopic (exact) mass is 675 g/mol. The maximum absolute atomic E-state index is 14.3. The first-order valence-electron chi connectivity index (χ1n) is 14.1. The Morgan fingerprint density at radius 1 is 1.22 bits per heavy atom. The molecule has 2 aliphatic heterocycles. The van der Waals surface area contributed by atoms with E-state index in [0.717, 1.165) is 23.5 Å². The third-order valence-electron chi connectivity index (χ3n) is 8.03. The molecule has 3 heterocycles. The van der Waals surface area contributed by atoms with Gasteiger partial charge in [0.05, 0.1) is 22.9 Å². The van der Waals surface area contributed by atoms with Crippen molar-refractivity contribution in [1.29, 1.82) is 5.26 Å². The van der Waals surface area contributed by atoms with Crippen LogP contribution in [0.1, 0.15) is 48.3 Å². The normalized spacial score (nSPS) is 21.8. The van der Waals surface area contributed by atoms with Crippen molar-refractivity contribution in [2.45, 2.75) is 63.3 Å². The molecule has 1 aromatic carbocycles. The molecule has 1 aromatic heterocycles. The molecule has 4 rings (SSSR count). The molecule has 45 heavy (non-hydrogen) atoms. The maximum Gasteiger partial charge on any atom is 0.399 e. The van der Waals surface area contributed by atoms with Gasteiger partial charge in [0.25, 0.3) is 12.3 Å². The summed E-state index contributed by atoms with van der Waals surface area (Å²) in [6.45, 7) is 2.75. The molecule has 3 N–H and O–H groups in total. The average molecular weight is 676 g/mol. The van der Waals surface area contributed by atoms with E-state index in [-0.39, 0.29) is 35.8 Å². The van der Waals surface area contributed by atoms with Crippen molar-refractivity contribution in [1.82, 2.24) is 20.0 Å². The van der Waals surface area contributed by atoms with Crippen LogP contribution in [0.5, 0.6) is 0 Å². The van der Waals surface area contributed by atoms with Crippen molar-refractivity contribution < 1.29 is 46.3 Å². The molecule has 3 amide bonds. The summed E-state index contributed by atoms with van der Waals surface area (Å²) >= 11 is 0.882. The highest BCUT2D eigenvalue weighted by Crippen LogP contribution is 2.59. The Balaban J connectivity index is 1.61. The van der Waals surface area contributed by atoms with E-state index in [1.54, 1.807) is 13.8 Å². The van der Waals surface area contributed by atoms with E-state index in [0.29, 0.717) is 24.0 Å². The standard InChI is InChI=1S/C28H34F4N5O6PS/c1-27(2,14-33)15-35(3)26(40)20-6-5-18-8-9-36(13-23(29)30)12-19(25(39)37(18)20)34-24(38)22-11-16-10-17(4-7-21(16)45-22)28(31,32)44(41,42)43/h4,7,10-11,18-20,23H,5-6,8-9,12-13,15H2,1-3H3,(H,34,38)(H2,41,42,43)/t18-,19+,20+/m1/s1. The molecule has 2 aliphatic rings. The lowest BCUT2D eigenvalue weighted by Gasteiger charge is -2.39. The second-order valence-corrected chi connectivity index (χ2v) is 14.8. The van der Waals surface area contributed by atoms with Gasteiger partial charge in [0.15, 0.2) is 0 Å². The van der Waals surface area contributed by atoms with Gasteiger partial charge in [-0.2, -0.15) is 14.0 Å². The third-order valence-corrected chi connectivity index (χ3v) is 10.1. The highest BCUT2D eigenvalue weighted by molar-refractivity contribution is 7.52. The zero-order valence-electron chi connectivity index (χ0n) is 24.8. The summed E-state index contributed by atoms with van der Waals surface area (Å²) in [5.74, 6) is -1.79. The quantitative estimate of drug-likeness (QED) is 0.270. The molecule has 2 aromatic rings. The minimum absolute atomic E-state index is 0.0130. The maximum atomic E-state index is 14.3. The molecule has 3 atom stereocenters. The zero-order valence-corrected chi connectivity index (χ0v) is 26.5. The van der Waals surface area contributed by atoms with E-state index in [1.807, 2.05) is 0 Å². The molecule has 0 radical (unpaired) electrons. The number of nitriles is 1. The summed E-state index contributed by atoms with van der Waals surface area (Å²) in [6, 6.07) is 3.62. The number of amides is 3. The fourth-order valence-corrected chi connectivity index (χ4v) is 7.27. The van der Waals surface area contributed by atoms with Crippen LogP contribution < -0.4 is 5.32 Å². The summed E-state index contributed by atoms with van der Waals surface area (Å²) in [5, 5.41) is 12.1. The van der Waals surface area contributed by atoms with Gasteiger partial charge in [-0.05, 0) is 56.7 Å². The topological polar surface area (TPSA) is 154 Å². The lowest BCUT2D eigenvalue weighted by molar-refractivity contribution is -0.147.